The van der Waals surface area contributed by atoms with Gasteiger partial charge in [0, 0.05) is 32.6 Å². The Morgan fingerprint density at radius 1 is 1.27 bits per heavy atom. The van der Waals surface area contributed by atoms with E-state index in [1.807, 2.05) is 11.8 Å². The van der Waals surface area contributed by atoms with Gasteiger partial charge in [-0.2, -0.15) is 11.8 Å². The molecule has 0 saturated carbocycles. The zero-order valence-electron chi connectivity index (χ0n) is 10.3. The monoisotopic (exact) mass is 235 g/mol. The fraction of sp³-hybridized carbons (Fsp3) is 1.00. The predicted octanol–water partition coefficient (Wildman–Crippen LogP) is 1.77. The van der Waals surface area contributed by atoms with Crippen molar-refractivity contribution in [1.82, 2.24) is 5.32 Å². The third-order valence-electron chi connectivity index (χ3n) is 2.01. The van der Waals surface area contributed by atoms with Crippen molar-refractivity contribution >= 4 is 11.8 Å². The Kier molecular flexibility index (Phi) is 12.5. The van der Waals surface area contributed by atoms with Crippen LogP contribution in [0, 0.1) is 0 Å². The van der Waals surface area contributed by atoms with Crippen molar-refractivity contribution in [3.05, 3.63) is 0 Å². The number of hydrogen-bond donors (Lipinski definition) is 1. The van der Waals surface area contributed by atoms with Gasteiger partial charge in [-0.05, 0) is 25.1 Å². The Labute approximate surface area is 98.3 Å². The lowest BCUT2D eigenvalue weighted by Gasteiger charge is -2.16. The first-order valence-corrected chi connectivity index (χ1v) is 6.79. The topological polar surface area (TPSA) is 30.5 Å². The molecule has 0 aromatic carbocycles. The van der Waals surface area contributed by atoms with Crippen molar-refractivity contribution < 1.29 is 9.47 Å². The molecule has 4 heteroatoms. The van der Waals surface area contributed by atoms with Crippen molar-refractivity contribution in [2.75, 3.05) is 45.5 Å². The van der Waals surface area contributed by atoms with E-state index in [1.165, 1.54) is 12.2 Å². The largest absolute Gasteiger partial charge is 0.385 e. The van der Waals surface area contributed by atoms with E-state index in [-0.39, 0.29) is 0 Å². The quantitative estimate of drug-likeness (QED) is 0.553. The molecule has 0 bridgehead atoms. The number of hydrogen-bond acceptors (Lipinski definition) is 4. The smallest absolute Gasteiger partial charge is 0.0623 e. The van der Waals surface area contributed by atoms with Gasteiger partial charge in [0.15, 0.2) is 0 Å². The van der Waals surface area contributed by atoms with Crippen molar-refractivity contribution in [1.29, 1.82) is 0 Å². The summed E-state index contributed by atoms with van der Waals surface area (Å²) in [6.45, 7) is 4.93. The Morgan fingerprint density at radius 3 is 2.67 bits per heavy atom. The summed E-state index contributed by atoms with van der Waals surface area (Å²) in [6.07, 6.45) is 2.31. The number of methoxy groups -OCH3 is 2. The summed E-state index contributed by atoms with van der Waals surface area (Å²) in [6, 6.07) is 0.488. The van der Waals surface area contributed by atoms with Crippen LogP contribution in [0.2, 0.25) is 0 Å². The number of thioether (sulfide) groups is 1. The molecule has 0 amide bonds. The van der Waals surface area contributed by atoms with Gasteiger partial charge in [0.2, 0.25) is 0 Å². The van der Waals surface area contributed by atoms with Crippen LogP contribution in [0.3, 0.4) is 0 Å². The van der Waals surface area contributed by atoms with Crippen LogP contribution < -0.4 is 5.32 Å². The highest BCUT2D eigenvalue weighted by molar-refractivity contribution is 7.99. The second-order valence-electron chi connectivity index (χ2n) is 3.53. The molecule has 0 radical (unpaired) electrons. The van der Waals surface area contributed by atoms with Gasteiger partial charge in [-0.3, -0.25) is 0 Å². The van der Waals surface area contributed by atoms with Crippen LogP contribution in [-0.2, 0) is 9.47 Å². The van der Waals surface area contributed by atoms with Gasteiger partial charge < -0.3 is 14.8 Å². The predicted molar refractivity (Wildman–Crippen MR) is 67.8 cm³/mol. The Morgan fingerprint density at radius 2 is 2.07 bits per heavy atom. The molecule has 1 atom stereocenters. The molecule has 3 nitrogen and oxygen atoms in total. The van der Waals surface area contributed by atoms with E-state index < -0.39 is 0 Å². The van der Waals surface area contributed by atoms with Gasteiger partial charge in [-0.25, -0.2) is 0 Å². The molecular formula is C11H25NO2S. The minimum Gasteiger partial charge on any atom is -0.385 e. The maximum Gasteiger partial charge on any atom is 0.0623 e. The van der Waals surface area contributed by atoms with E-state index in [0.29, 0.717) is 6.04 Å². The lowest BCUT2D eigenvalue weighted by atomic mass is 10.3. The zero-order valence-corrected chi connectivity index (χ0v) is 11.1. The third kappa shape index (κ3) is 10.5. The summed E-state index contributed by atoms with van der Waals surface area (Å²) >= 11 is 1.97. The summed E-state index contributed by atoms with van der Waals surface area (Å²) in [4.78, 5) is 0. The molecule has 0 saturated heterocycles. The van der Waals surface area contributed by atoms with Gasteiger partial charge in [0.25, 0.3) is 0 Å². The molecule has 0 aromatic rings. The molecule has 1 N–H and O–H groups in total. The van der Waals surface area contributed by atoms with Crippen LogP contribution in [0.4, 0.5) is 0 Å². The summed E-state index contributed by atoms with van der Waals surface area (Å²) in [5.74, 6) is 2.29. The number of nitrogens with one attached hydrogen (secondary N) is 1. The van der Waals surface area contributed by atoms with Crippen molar-refractivity contribution in [2.24, 2.45) is 0 Å². The molecule has 0 rings (SSSR count). The van der Waals surface area contributed by atoms with E-state index in [1.54, 1.807) is 14.2 Å². The van der Waals surface area contributed by atoms with E-state index in [2.05, 4.69) is 12.2 Å². The van der Waals surface area contributed by atoms with Crippen LogP contribution in [-0.4, -0.2) is 51.5 Å². The molecule has 92 valence electrons. The Hall–Kier alpha value is 0.230. The highest BCUT2D eigenvalue weighted by Gasteiger charge is 2.06. The molecular weight excluding hydrogens is 210 g/mol. The average molecular weight is 235 g/mol. The summed E-state index contributed by atoms with van der Waals surface area (Å²) in [5.41, 5.74) is 0. The molecule has 0 aliphatic rings. The molecule has 0 spiro atoms. The van der Waals surface area contributed by atoms with E-state index >= 15 is 0 Å². The van der Waals surface area contributed by atoms with E-state index in [0.717, 1.165) is 31.9 Å². The molecule has 0 heterocycles. The normalized spacial score (nSPS) is 13.0. The zero-order chi connectivity index (χ0) is 11.4. The first-order valence-electron chi connectivity index (χ1n) is 5.64. The van der Waals surface area contributed by atoms with Gasteiger partial charge in [0.05, 0.1) is 6.61 Å². The number of rotatable bonds is 11. The van der Waals surface area contributed by atoms with Gasteiger partial charge in [-0.15, -0.1) is 0 Å². The second-order valence-corrected chi connectivity index (χ2v) is 4.68. The lowest BCUT2D eigenvalue weighted by Crippen LogP contribution is -2.36. The van der Waals surface area contributed by atoms with Crippen LogP contribution in [0.25, 0.3) is 0 Å². The minimum absolute atomic E-state index is 0.488. The van der Waals surface area contributed by atoms with E-state index in [9.17, 15) is 0 Å². The van der Waals surface area contributed by atoms with Gasteiger partial charge >= 0.3 is 0 Å². The second kappa shape index (κ2) is 12.3. The first-order chi connectivity index (χ1) is 7.35. The summed E-state index contributed by atoms with van der Waals surface area (Å²) in [7, 11) is 3.51. The van der Waals surface area contributed by atoms with Crippen molar-refractivity contribution in [2.45, 2.75) is 25.8 Å². The summed E-state index contributed by atoms with van der Waals surface area (Å²) in [5, 5.41) is 3.48. The average Bonchev–Trinajstić information content (AvgIpc) is 2.25. The van der Waals surface area contributed by atoms with Crippen LogP contribution in [0.1, 0.15) is 19.8 Å². The molecule has 1 unspecified atom stereocenters. The van der Waals surface area contributed by atoms with Gasteiger partial charge in [-0.1, -0.05) is 6.92 Å². The highest BCUT2D eigenvalue weighted by Crippen LogP contribution is 2.05. The van der Waals surface area contributed by atoms with Crippen LogP contribution in [0.15, 0.2) is 0 Å². The lowest BCUT2D eigenvalue weighted by molar-refractivity contribution is 0.174. The fourth-order valence-electron chi connectivity index (χ4n) is 1.25. The maximum absolute atomic E-state index is 5.18. The van der Waals surface area contributed by atoms with E-state index in [4.69, 9.17) is 9.47 Å². The SMILES string of the molecule is CCCNC(COC)CSCCCOC. The summed E-state index contributed by atoms with van der Waals surface area (Å²) < 4.78 is 10.2. The standard InChI is InChI=1S/C11H25NO2S/c1-4-6-12-11(9-14-3)10-15-8-5-7-13-2/h11-12H,4-10H2,1-3H3. The van der Waals surface area contributed by atoms with Gasteiger partial charge in [0.1, 0.15) is 0 Å². The molecule has 0 aliphatic heterocycles. The number of ether oxygens (including phenoxy) is 2. The molecule has 0 aliphatic carbocycles. The molecule has 0 fully saturated rings. The molecule has 0 aromatic heterocycles. The van der Waals surface area contributed by atoms with Crippen molar-refractivity contribution in [3.8, 4) is 0 Å². The Balaban J connectivity index is 3.38. The Bertz CT molecular complexity index is 125. The minimum atomic E-state index is 0.488. The maximum atomic E-state index is 5.18. The van der Waals surface area contributed by atoms with Crippen LogP contribution >= 0.6 is 11.8 Å². The third-order valence-corrected chi connectivity index (χ3v) is 3.22. The van der Waals surface area contributed by atoms with Crippen LogP contribution in [0.5, 0.6) is 0 Å². The van der Waals surface area contributed by atoms with Crippen molar-refractivity contribution in [3.63, 3.8) is 0 Å². The fourth-order valence-corrected chi connectivity index (χ4v) is 2.23. The first kappa shape index (κ1) is 15.2. The molecule has 15 heavy (non-hydrogen) atoms. The highest BCUT2D eigenvalue weighted by atomic mass is 32.2.